The lowest BCUT2D eigenvalue weighted by molar-refractivity contribution is -0.336. The Balaban J connectivity index is 1.13. The van der Waals surface area contributed by atoms with Crippen LogP contribution in [0, 0.1) is 19.3 Å². The maximum Gasteiger partial charge on any atom is 0.394 e. The fourth-order valence-electron chi connectivity index (χ4n) is 7.01. The van der Waals surface area contributed by atoms with Gasteiger partial charge in [-0.2, -0.15) is 18.3 Å². The van der Waals surface area contributed by atoms with Gasteiger partial charge in [-0.15, -0.1) is 0 Å². The van der Waals surface area contributed by atoms with Crippen molar-refractivity contribution >= 4 is 28.3 Å². The number of hydrogen-bond donors (Lipinski definition) is 2. The van der Waals surface area contributed by atoms with Crippen LogP contribution in [-0.4, -0.2) is 61.8 Å². The molecule has 1 atom stereocenters. The lowest BCUT2D eigenvalue weighted by Gasteiger charge is -2.70. The van der Waals surface area contributed by atoms with E-state index in [0.29, 0.717) is 63.4 Å². The second kappa shape index (κ2) is 8.50. The second-order valence-electron chi connectivity index (χ2n) is 12.5. The number of nitrogens with one attached hydrogen (secondary N) is 1. The highest BCUT2D eigenvalue weighted by molar-refractivity contribution is 6.08. The van der Waals surface area contributed by atoms with Gasteiger partial charge in [0.1, 0.15) is 22.6 Å². The Morgan fingerprint density at radius 3 is 2.57 bits per heavy atom. The third kappa shape index (κ3) is 3.91. The SMILES string of the molecule is Cc1oc2cc(Oc3ccnn4cc(C(=O)N5CC[C@@](C)(O)C5)c(C)c34)ccc2c1C(=O)NC12CC(C(F)(F)F)(C1)C2. The number of ether oxygens (including phenoxy) is 1. The lowest BCUT2D eigenvalue weighted by atomic mass is 9.39. The monoisotopic (exact) mass is 582 g/mol. The number of hydrogen-bond acceptors (Lipinski definition) is 6. The van der Waals surface area contributed by atoms with Crippen molar-refractivity contribution < 1.29 is 37.0 Å². The van der Waals surface area contributed by atoms with Gasteiger partial charge < -0.3 is 24.5 Å². The summed E-state index contributed by atoms with van der Waals surface area (Å²) >= 11 is 0. The molecule has 3 saturated carbocycles. The molecule has 42 heavy (non-hydrogen) atoms. The normalized spacial score (nSPS) is 26.8. The van der Waals surface area contributed by atoms with Crippen molar-refractivity contribution in [3.63, 3.8) is 0 Å². The first-order valence-electron chi connectivity index (χ1n) is 13.8. The van der Waals surface area contributed by atoms with Crippen molar-refractivity contribution in [2.75, 3.05) is 13.1 Å². The topological polar surface area (TPSA) is 109 Å². The van der Waals surface area contributed by atoms with Crippen molar-refractivity contribution in [2.45, 2.75) is 63.8 Å². The third-order valence-corrected chi connectivity index (χ3v) is 9.16. The van der Waals surface area contributed by atoms with Crippen LogP contribution in [0.5, 0.6) is 11.5 Å². The van der Waals surface area contributed by atoms with E-state index in [4.69, 9.17) is 9.15 Å². The summed E-state index contributed by atoms with van der Waals surface area (Å²) in [7, 11) is 0. The number of likely N-dealkylation sites (tertiary alicyclic amines) is 1. The molecule has 1 aliphatic heterocycles. The summed E-state index contributed by atoms with van der Waals surface area (Å²) in [5.41, 5.74) is -0.920. The molecule has 4 heterocycles. The highest BCUT2D eigenvalue weighted by Crippen LogP contribution is 2.73. The van der Waals surface area contributed by atoms with Gasteiger partial charge in [-0.3, -0.25) is 9.59 Å². The number of aromatic nitrogens is 2. The van der Waals surface area contributed by atoms with Gasteiger partial charge in [0.15, 0.2) is 5.75 Å². The Bertz CT molecular complexity index is 1780. The third-order valence-electron chi connectivity index (χ3n) is 9.16. The molecule has 0 unspecified atom stereocenters. The van der Waals surface area contributed by atoms with Crippen LogP contribution < -0.4 is 10.1 Å². The first-order valence-corrected chi connectivity index (χ1v) is 13.8. The highest BCUT2D eigenvalue weighted by atomic mass is 19.4. The van der Waals surface area contributed by atoms with Crippen LogP contribution >= 0.6 is 0 Å². The van der Waals surface area contributed by atoms with E-state index in [9.17, 15) is 27.9 Å². The first kappa shape index (κ1) is 26.8. The predicted molar refractivity (Wildman–Crippen MR) is 145 cm³/mol. The number of alkyl halides is 3. The molecular weight excluding hydrogens is 553 g/mol. The number of fused-ring (bicyclic) bond motifs is 2. The van der Waals surface area contributed by atoms with Gasteiger partial charge in [-0.25, -0.2) is 4.52 Å². The van der Waals surface area contributed by atoms with E-state index in [2.05, 4.69) is 10.4 Å². The lowest BCUT2D eigenvalue weighted by Crippen LogP contribution is -2.78. The van der Waals surface area contributed by atoms with Crippen molar-refractivity contribution in [1.82, 2.24) is 19.8 Å². The molecule has 1 aromatic carbocycles. The number of furan rings is 1. The predicted octanol–water partition coefficient (Wildman–Crippen LogP) is 5.30. The number of halogens is 3. The Kier molecular flexibility index (Phi) is 5.42. The fourth-order valence-corrected chi connectivity index (χ4v) is 7.01. The number of β-amino-alcohol motifs (C(OH)–C–C–N with tert-alkyl or cyclic N) is 1. The molecule has 3 aliphatic carbocycles. The Morgan fingerprint density at radius 2 is 1.90 bits per heavy atom. The van der Waals surface area contributed by atoms with Crippen molar-refractivity contribution in [3.8, 4) is 11.5 Å². The Labute approximate surface area is 238 Å². The second-order valence-corrected chi connectivity index (χ2v) is 12.5. The van der Waals surface area contributed by atoms with Crippen LogP contribution in [0.4, 0.5) is 13.2 Å². The zero-order chi connectivity index (χ0) is 29.8. The quantitative estimate of drug-likeness (QED) is 0.331. The summed E-state index contributed by atoms with van der Waals surface area (Å²) in [6, 6.07) is 6.70. The van der Waals surface area contributed by atoms with E-state index in [0.717, 1.165) is 0 Å². The number of aryl methyl sites for hydroxylation is 2. The van der Waals surface area contributed by atoms with Gasteiger partial charge in [-0.1, -0.05) is 0 Å². The minimum absolute atomic E-state index is 0.0895. The van der Waals surface area contributed by atoms with E-state index in [1.54, 1.807) is 59.9 Å². The van der Waals surface area contributed by atoms with E-state index >= 15 is 0 Å². The fraction of sp³-hybridized carbons (Fsp3) is 0.433. The highest BCUT2D eigenvalue weighted by Gasteiger charge is 2.79. The smallest absolute Gasteiger partial charge is 0.394 e. The van der Waals surface area contributed by atoms with Crippen LogP contribution in [0.2, 0.25) is 0 Å². The van der Waals surface area contributed by atoms with Crippen LogP contribution in [0.15, 0.2) is 41.1 Å². The van der Waals surface area contributed by atoms with E-state index < -0.39 is 28.6 Å². The molecule has 2 amide bonds. The molecule has 8 rings (SSSR count). The van der Waals surface area contributed by atoms with Gasteiger partial charge in [0.25, 0.3) is 11.8 Å². The molecule has 1 saturated heterocycles. The molecule has 4 aliphatic rings. The molecule has 4 fully saturated rings. The van der Waals surface area contributed by atoms with Crippen molar-refractivity contribution in [1.29, 1.82) is 0 Å². The van der Waals surface area contributed by atoms with Crippen molar-refractivity contribution in [3.05, 3.63) is 59.1 Å². The Hall–Kier alpha value is -4.06. The van der Waals surface area contributed by atoms with Crippen molar-refractivity contribution in [2.24, 2.45) is 5.41 Å². The Morgan fingerprint density at radius 1 is 1.17 bits per heavy atom. The summed E-state index contributed by atoms with van der Waals surface area (Å²) < 4.78 is 53.4. The number of rotatable bonds is 5. The zero-order valence-corrected chi connectivity index (χ0v) is 23.3. The van der Waals surface area contributed by atoms with Gasteiger partial charge >= 0.3 is 6.18 Å². The maximum atomic E-state index is 13.2. The maximum absolute atomic E-state index is 13.2. The van der Waals surface area contributed by atoms with Gasteiger partial charge in [0.05, 0.1) is 28.3 Å². The molecular formula is C30H29F3N4O5. The van der Waals surface area contributed by atoms with Crippen LogP contribution in [0.3, 0.4) is 0 Å². The molecule has 2 N–H and O–H groups in total. The zero-order valence-electron chi connectivity index (χ0n) is 23.3. The average molecular weight is 583 g/mol. The van der Waals surface area contributed by atoms with Crippen LogP contribution in [0.1, 0.15) is 64.6 Å². The van der Waals surface area contributed by atoms with E-state index in [-0.39, 0.29) is 31.7 Å². The number of amides is 2. The molecule has 2 bridgehead atoms. The average Bonchev–Trinajstić information content (AvgIpc) is 3.51. The molecule has 12 heteroatoms. The largest absolute Gasteiger partial charge is 0.460 e. The summed E-state index contributed by atoms with van der Waals surface area (Å²) in [4.78, 5) is 28.0. The van der Waals surface area contributed by atoms with Gasteiger partial charge in [-0.05, 0) is 64.2 Å². The number of nitrogens with zero attached hydrogens (tertiary/aromatic N) is 3. The summed E-state index contributed by atoms with van der Waals surface area (Å²) in [6.07, 6.45) is -0.798. The van der Waals surface area contributed by atoms with Gasteiger partial charge in [0.2, 0.25) is 0 Å². The molecule has 220 valence electrons. The molecule has 4 aromatic rings. The number of benzene rings is 1. The summed E-state index contributed by atoms with van der Waals surface area (Å²) in [5, 5.41) is 18.0. The molecule has 0 spiro atoms. The molecule has 0 radical (unpaired) electrons. The molecule has 9 nitrogen and oxygen atoms in total. The number of carbonyl (C=O) groups excluding carboxylic acids is 2. The number of carbonyl (C=O) groups is 2. The summed E-state index contributed by atoms with van der Waals surface area (Å²) in [6.45, 7) is 5.89. The van der Waals surface area contributed by atoms with Crippen LogP contribution in [-0.2, 0) is 0 Å². The van der Waals surface area contributed by atoms with E-state index in [1.807, 2.05) is 6.92 Å². The minimum atomic E-state index is -4.25. The standard InChI is InChI=1S/C30H29F3N4O5/c1-16-20(26(39)36-9-7-27(3,40)15-36)11-37-24(16)21(6-8-34-37)42-18-4-5-19-22(10-18)41-17(2)23(19)25(38)35-29-12-28(13-29,14-29)30(31,32)33/h4-6,8,10-11,40H,7,9,12-15H2,1-3H3,(H,35,38)/t27-,28?,29?/m1/s1. The van der Waals surface area contributed by atoms with Gasteiger partial charge in [0, 0.05) is 42.3 Å². The van der Waals surface area contributed by atoms with E-state index in [1.165, 1.54) is 0 Å². The minimum Gasteiger partial charge on any atom is -0.460 e. The van der Waals surface area contributed by atoms with Crippen LogP contribution in [0.25, 0.3) is 16.5 Å². The molecule has 3 aromatic heterocycles. The first-order chi connectivity index (χ1) is 19.7. The number of aliphatic hydroxyl groups is 1. The summed E-state index contributed by atoms with van der Waals surface area (Å²) in [5.74, 6) is 0.596.